The van der Waals surface area contributed by atoms with Gasteiger partial charge in [0.2, 0.25) is 0 Å². The fourth-order valence-corrected chi connectivity index (χ4v) is 2.04. The maximum atomic E-state index is 4.50. The van der Waals surface area contributed by atoms with Crippen LogP contribution in [0.1, 0.15) is 26.2 Å². The van der Waals surface area contributed by atoms with Crippen molar-refractivity contribution in [3.05, 3.63) is 0 Å². The quantitative estimate of drug-likeness (QED) is 0.526. The highest BCUT2D eigenvalue weighted by Gasteiger charge is 2.11. The highest BCUT2D eigenvalue weighted by Crippen LogP contribution is 2.19. The van der Waals surface area contributed by atoms with Crippen LogP contribution in [0.15, 0.2) is 4.99 Å². The molecular formula is C8H15NS. The van der Waals surface area contributed by atoms with Gasteiger partial charge >= 0.3 is 0 Å². The molecule has 58 valence electrons. The van der Waals surface area contributed by atoms with E-state index in [9.17, 15) is 0 Å². The number of hydrogen-bond donors (Lipinski definition) is 0. The number of nitrogens with zero attached hydrogens (tertiary/aromatic N) is 1. The van der Waals surface area contributed by atoms with Crippen molar-refractivity contribution in [2.45, 2.75) is 26.2 Å². The lowest BCUT2D eigenvalue weighted by Crippen LogP contribution is -2.04. The number of aliphatic imine (C=N–C) groups is 1. The molecule has 10 heavy (non-hydrogen) atoms. The van der Waals surface area contributed by atoms with Crippen molar-refractivity contribution in [2.24, 2.45) is 10.9 Å². The van der Waals surface area contributed by atoms with Gasteiger partial charge in [0.15, 0.2) is 0 Å². The van der Waals surface area contributed by atoms with E-state index in [1.54, 1.807) is 0 Å². The van der Waals surface area contributed by atoms with E-state index < -0.39 is 0 Å². The van der Waals surface area contributed by atoms with Crippen molar-refractivity contribution >= 4 is 16.8 Å². The third kappa shape index (κ3) is 2.01. The molecule has 0 saturated carbocycles. The minimum atomic E-state index is 0.720. The molecule has 1 nitrogen and oxygen atoms in total. The Bertz CT molecular complexity index is 131. The molecule has 1 unspecified atom stereocenters. The topological polar surface area (TPSA) is 12.4 Å². The normalized spacial score (nSPS) is 27.4. The molecule has 0 bridgehead atoms. The summed E-state index contributed by atoms with van der Waals surface area (Å²) in [7, 11) is 0. The van der Waals surface area contributed by atoms with E-state index in [0.29, 0.717) is 0 Å². The van der Waals surface area contributed by atoms with Crippen LogP contribution < -0.4 is 0 Å². The summed E-state index contributed by atoms with van der Waals surface area (Å²) in [6.07, 6.45) is 6.10. The second-order valence-corrected chi connectivity index (χ2v) is 3.65. The number of thioether (sulfide) groups is 1. The lowest BCUT2D eigenvalue weighted by Gasteiger charge is -2.07. The molecule has 0 aromatic heterocycles. The smallest absolute Gasteiger partial charge is 0.0701 e. The number of rotatable bonds is 0. The molecule has 1 aliphatic rings. The van der Waals surface area contributed by atoms with Crippen LogP contribution in [0.2, 0.25) is 0 Å². The second kappa shape index (κ2) is 4.02. The third-order valence-electron chi connectivity index (χ3n) is 1.94. The Kier molecular flexibility index (Phi) is 3.26. The lowest BCUT2D eigenvalue weighted by molar-refractivity contribution is 0.638. The van der Waals surface area contributed by atoms with Gasteiger partial charge in [0.1, 0.15) is 0 Å². The average Bonchev–Trinajstić information content (AvgIpc) is 2.13. The van der Waals surface area contributed by atoms with E-state index in [1.165, 1.54) is 24.3 Å². The largest absolute Gasteiger partial charge is 0.283 e. The first-order valence-electron chi connectivity index (χ1n) is 3.93. The van der Waals surface area contributed by atoms with Gasteiger partial charge < -0.3 is 0 Å². The summed E-state index contributed by atoms with van der Waals surface area (Å²) in [4.78, 5) is 4.50. The van der Waals surface area contributed by atoms with Crippen molar-refractivity contribution in [3.63, 3.8) is 0 Å². The van der Waals surface area contributed by atoms with Gasteiger partial charge in [0, 0.05) is 12.5 Å². The summed E-state index contributed by atoms with van der Waals surface area (Å²) in [6, 6.07) is 0. The van der Waals surface area contributed by atoms with Gasteiger partial charge in [0.25, 0.3) is 0 Å². The summed E-state index contributed by atoms with van der Waals surface area (Å²) in [5.41, 5.74) is 0. The molecule has 0 aromatic rings. The van der Waals surface area contributed by atoms with Gasteiger partial charge in [-0.15, -0.1) is 11.8 Å². The molecule has 0 aromatic carbocycles. The Labute approximate surface area is 67.3 Å². The fourth-order valence-electron chi connectivity index (χ4n) is 1.30. The fraction of sp³-hybridized carbons (Fsp3) is 0.875. The van der Waals surface area contributed by atoms with Crippen LogP contribution in [0, 0.1) is 5.92 Å². The monoisotopic (exact) mass is 157 g/mol. The average molecular weight is 157 g/mol. The van der Waals surface area contributed by atoms with Crippen LogP contribution in [0.4, 0.5) is 0 Å². The molecule has 0 amide bonds. The number of hydrogen-bond acceptors (Lipinski definition) is 2. The van der Waals surface area contributed by atoms with Gasteiger partial charge in [-0.25, -0.2) is 0 Å². The van der Waals surface area contributed by atoms with Crippen LogP contribution in [0.3, 0.4) is 0 Å². The zero-order chi connectivity index (χ0) is 7.40. The van der Waals surface area contributed by atoms with Gasteiger partial charge in [-0.2, -0.15) is 0 Å². The SMILES string of the molecule is CSC1=NCCCCC1C. The van der Waals surface area contributed by atoms with Crippen LogP contribution in [-0.4, -0.2) is 17.8 Å². The molecule has 0 saturated heterocycles. The minimum absolute atomic E-state index is 0.720. The van der Waals surface area contributed by atoms with Gasteiger partial charge in [-0.1, -0.05) is 13.3 Å². The molecule has 0 radical (unpaired) electrons. The Morgan fingerprint density at radius 2 is 2.30 bits per heavy atom. The highest BCUT2D eigenvalue weighted by atomic mass is 32.2. The maximum Gasteiger partial charge on any atom is 0.0701 e. The molecule has 1 aliphatic heterocycles. The zero-order valence-electron chi connectivity index (χ0n) is 6.76. The van der Waals surface area contributed by atoms with Crippen molar-refractivity contribution < 1.29 is 0 Å². The van der Waals surface area contributed by atoms with E-state index in [1.807, 2.05) is 11.8 Å². The molecule has 0 fully saturated rings. The summed E-state index contributed by atoms with van der Waals surface area (Å²) in [5.74, 6) is 0.720. The molecule has 0 aliphatic carbocycles. The predicted octanol–water partition coefficient (Wildman–Crippen LogP) is 2.57. The van der Waals surface area contributed by atoms with Crippen molar-refractivity contribution in [1.29, 1.82) is 0 Å². The van der Waals surface area contributed by atoms with Crippen molar-refractivity contribution in [1.82, 2.24) is 0 Å². The van der Waals surface area contributed by atoms with Crippen LogP contribution >= 0.6 is 11.8 Å². The first kappa shape index (κ1) is 8.12. The van der Waals surface area contributed by atoms with E-state index >= 15 is 0 Å². The van der Waals surface area contributed by atoms with E-state index in [-0.39, 0.29) is 0 Å². The molecule has 1 rings (SSSR count). The summed E-state index contributed by atoms with van der Waals surface area (Å²) in [5, 5.41) is 1.36. The van der Waals surface area contributed by atoms with E-state index in [0.717, 1.165) is 12.5 Å². The van der Waals surface area contributed by atoms with E-state index in [2.05, 4.69) is 18.2 Å². The first-order chi connectivity index (χ1) is 4.84. The summed E-state index contributed by atoms with van der Waals surface area (Å²) in [6.45, 7) is 3.33. The molecule has 2 heteroatoms. The van der Waals surface area contributed by atoms with Crippen molar-refractivity contribution in [3.8, 4) is 0 Å². The molecule has 0 spiro atoms. The highest BCUT2D eigenvalue weighted by molar-refractivity contribution is 8.13. The zero-order valence-corrected chi connectivity index (χ0v) is 7.58. The first-order valence-corrected chi connectivity index (χ1v) is 5.15. The van der Waals surface area contributed by atoms with Crippen LogP contribution in [0.5, 0.6) is 0 Å². The molecular weight excluding hydrogens is 142 g/mol. The summed E-state index contributed by atoms with van der Waals surface area (Å²) < 4.78 is 0. The predicted molar refractivity (Wildman–Crippen MR) is 48.8 cm³/mol. The standard InChI is InChI=1S/C8H15NS/c1-7-5-3-4-6-9-8(7)10-2/h7H,3-6H2,1-2H3. The van der Waals surface area contributed by atoms with Gasteiger partial charge in [-0.05, 0) is 19.1 Å². The van der Waals surface area contributed by atoms with Crippen LogP contribution in [0.25, 0.3) is 0 Å². The Balaban J connectivity index is 2.53. The molecule has 1 atom stereocenters. The lowest BCUT2D eigenvalue weighted by atomic mass is 10.1. The molecule has 0 N–H and O–H groups in total. The maximum absolute atomic E-state index is 4.50. The van der Waals surface area contributed by atoms with Gasteiger partial charge in [-0.3, -0.25) is 4.99 Å². The van der Waals surface area contributed by atoms with Crippen molar-refractivity contribution in [2.75, 3.05) is 12.8 Å². The minimum Gasteiger partial charge on any atom is -0.283 e. The van der Waals surface area contributed by atoms with Crippen LogP contribution in [-0.2, 0) is 0 Å². The Morgan fingerprint density at radius 1 is 1.50 bits per heavy atom. The van der Waals surface area contributed by atoms with E-state index in [4.69, 9.17) is 0 Å². The Morgan fingerprint density at radius 3 is 3.00 bits per heavy atom. The second-order valence-electron chi connectivity index (χ2n) is 2.82. The molecule has 1 heterocycles. The summed E-state index contributed by atoms with van der Waals surface area (Å²) >= 11 is 1.82. The third-order valence-corrected chi connectivity index (χ3v) is 2.89. The Hall–Kier alpha value is 0.0200. The van der Waals surface area contributed by atoms with Gasteiger partial charge in [0.05, 0.1) is 5.04 Å².